The van der Waals surface area contributed by atoms with Crippen LogP contribution >= 0.6 is 23.1 Å². The number of rotatable bonds is 1. The number of fused-ring (bicyclic) bond motifs is 1. The normalized spacial score (nSPS) is 21.2. The molecule has 0 saturated heterocycles. The number of carboxylic acid groups (broad SMARTS) is 1. The van der Waals surface area contributed by atoms with Crippen LogP contribution in [0.2, 0.25) is 0 Å². The van der Waals surface area contributed by atoms with Crippen LogP contribution in [0.4, 0.5) is 0 Å². The second-order valence-electron chi connectivity index (χ2n) is 2.69. The number of carbonyl (C=O) groups excluding carboxylic acids is 1. The van der Waals surface area contributed by atoms with Crippen LogP contribution in [0.3, 0.4) is 0 Å². The second kappa shape index (κ2) is 3.16. The fourth-order valence-electron chi connectivity index (χ4n) is 1.20. The van der Waals surface area contributed by atoms with Crippen LogP contribution in [0.5, 0.6) is 0 Å². The Balaban J connectivity index is 2.38. The largest absolute Gasteiger partial charge is 0.481 e. The zero-order chi connectivity index (χ0) is 9.42. The SMILES string of the molecule is O=C(O)C1CSc2sccc2C1=O. The average molecular weight is 214 g/mol. The first-order chi connectivity index (χ1) is 6.20. The molecule has 0 radical (unpaired) electrons. The molecule has 1 aliphatic heterocycles. The van der Waals surface area contributed by atoms with Crippen molar-refractivity contribution in [1.82, 2.24) is 0 Å². The predicted octanol–water partition coefficient (Wildman–Crippen LogP) is 1.74. The molecule has 1 unspecified atom stereocenters. The van der Waals surface area contributed by atoms with E-state index in [1.807, 2.05) is 5.38 Å². The molecule has 1 aromatic heterocycles. The van der Waals surface area contributed by atoms with Gasteiger partial charge in [0.15, 0.2) is 5.78 Å². The predicted molar refractivity (Wildman–Crippen MR) is 50.5 cm³/mol. The van der Waals surface area contributed by atoms with E-state index >= 15 is 0 Å². The zero-order valence-electron chi connectivity index (χ0n) is 6.52. The van der Waals surface area contributed by atoms with Gasteiger partial charge < -0.3 is 5.11 Å². The number of hydrogen-bond donors (Lipinski definition) is 1. The summed E-state index contributed by atoms with van der Waals surface area (Å²) in [5.41, 5.74) is 0.577. The van der Waals surface area contributed by atoms with Crippen molar-refractivity contribution in [3.8, 4) is 0 Å². The topological polar surface area (TPSA) is 54.4 Å². The van der Waals surface area contributed by atoms with E-state index in [2.05, 4.69) is 0 Å². The van der Waals surface area contributed by atoms with Gasteiger partial charge in [0.2, 0.25) is 0 Å². The van der Waals surface area contributed by atoms with Gasteiger partial charge in [-0.15, -0.1) is 23.1 Å². The standard InChI is InChI=1S/C8H6O3S2/c9-6-4-1-2-12-8(4)13-3-5(6)7(10)11/h1-2,5H,3H2,(H,10,11). The molecule has 0 amide bonds. The van der Waals surface area contributed by atoms with E-state index in [1.165, 1.54) is 23.1 Å². The van der Waals surface area contributed by atoms with Gasteiger partial charge in [-0.2, -0.15) is 0 Å². The van der Waals surface area contributed by atoms with Gasteiger partial charge >= 0.3 is 5.97 Å². The maximum atomic E-state index is 11.5. The molecule has 0 aromatic carbocycles. The first kappa shape index (κ1) is 8.77. The Labute approximate surface area is 82.8 Å². The van der Waals surface area contributed by atoms with Gasteiger partial charge in [0, 0.05) is 11.3 Å². The molecule has 0 fully saturated rings. The van der Waals surface area contributed by atoms with E-state index in [4.69, 9.17) is 5.11 Å². The maximum absolute atomic E-state index is 11.5. The summed E-state index contributed by atoms with van der Waals surface area (Å²) in [4.78, 5) is 22.2. The number of Topliss-reactive ketones (excluding diaryl/α,β-unsaturated/α-hetero) is 1. The van der Waals surface area contributed by atoms with Crippen LogP contribution in [-0.4, -0.2) is 22.6 Å². The molecule has 0 spiro atoms. The Morgan fingerprint density at radius 3 is 3.08 bits per heavy atom. The van der Waals surface area contributed by atoms with E-state index in [-0.39, 0.29) is 5.78 Å². The third kappa shape index (κ3) is 1.38. The summed E-state index contributed by atoms with van der Waals surface area (Å²) in [6, 6.07) is 1.70. The molecule has 2 rings (SSSR count). The van der Waals surface area contributed by atoms with Gasteiger partial charge in [-0.3, -0.25) is 9.59 Å². The quantitative estimate of drug-likeness (QED) is 0.723. The summed E-state index contributed by atoms with van der Waals surface area (Å²) in [5.74, 6) is -1.76. The van der Waals surface area contributed by atoms with Crippen molar-refractivity contribution in [2.24, 2.45) is 5.92 Å². The maximum Gasteiger partial charge on any atom is 0.315 e. The minimum absolute atomic E-state index is 0.248. The van der Waals surface area contributed by atoms with Crippen LogP contribution in [0.25, 0.3) is 0 Å². The number of carboxylic acids is 1. The van der Waals surface area contributed by atoms with Gasteiger partial charge in [0.1, 0.15) is 5.92 Å². The number of carbonyl (C=O) groups is 2. The number of aliphatic carboxylic acids is 1. The molecular formula is C8H6O3S2. The molecule has 5 heteroatoms. The minimum Gasteiger partial charge on any atom is -0.481 e. The number of thiophene rings is 1. The van der Waals surface area contributed by atoms with E-state index in [1.54, 1.807) is 6.07 Å². The minimum atomic E-state index is -1.02. The molecule has 3 nitrogen and oxygen atoms in total. The van der Waals surface area contributed by atoms with Crippen molar-refractivity contribution >= 4 is 34.9 Å². The van der Waals surface area contributed by atoms with Crippen LogP contribution in [0.15, 0.2) is 15.7 Å². The highest BCUT2D eigenvalue weighted by Gasteiger charge is 2.33. The Hall–Kier alpha value is -0.810. The van der Waals surface area contributed by atoms with Crippen molar-refractivity contribution in [1.29, 1.82) is 0 Å². The van der Waals surface area contributed by atoms with Crippen LogP contribution in [-0.2, 0) is 4.79 Å². The molecule has 1 aliphatic rings. The van der Waals surface area contributed by atoms with Crippen LogP contribution in [0.1, 0.15) is 10.4 Å². The first-order valence-corrected chi connectivity index (χ1v) is 5.54. The summed E-state index contributed by atoms with van der Waals surface area (Å²) < 4.78 is 0.947. The fourth-order valence-corrected chi connectivity index (χ4v) is 3.40. The lowest BCUT2D eigenvalue weighted by atomic mass is 10.0. The number of hydrogen-bond acceptors (Lipinski definition) is 4. The Kier molecular flexibility index (Phi) is 2.13. The summed E-state index contributed by atoms with van der Waals surface area (Å²) in [7, 11) is 0. The van der Waals surface area contributed by atoms with Crippen LogP contribution < -0.4 is 0 Å². The van der Waals surface area contributed by atoms with E-state index < -0.39 is 11.9 Å². The molecule has 13 heavy (non-hydrogen) atoms. The molecule has 0 bridgehead atoms. The second-order valence-corrected chi connectivity index (χ2v) is 4.89. The lowest BCUT2D eigenvalue weighted by Crippen LogP contribution is -2.28. The van der Waals surface area contributed by atoms with Crippen LogP contribution in [0, 0.1) is 5.92 Å². The number of thioether (sulfide) groups is 1. The molecule has 0 saturated carbocycles. The van der Waals surface area contributed by atoms with Crippen molar-refractivity contribution < 1.29 is 14.7 Å². The molecule has 1 atom stereocenters. The summed E-state index contributed by atoms with van der Waals surface area (Å²) in [6.45, 7) is 0. The lowest BCUT2D eigenvalue weighted by Gasteiger charge is -2.15. The smallest absolute Gasteiger partial charge is 0.315 e. The van der Waals surface area contributed by atoms with Crippen molar-refractivity contribution in [3.63, 3.8) is 0 Å². The van der Waals surface area contributed by atoms with Gasteiger partial charge in [0.05, 0.1) is 4.21 Å². The fraction of sp³-hybridized carbons (Fsp3) is 0.250. The molecule has 68 valence electrons. The third-order valence-electron chi connectivity index (χ3n) is 1.89. The molecular weight excluding hydrogens is 208 g/mol. The van der Waals surface area contributed by atoms with Gasteiger partial charge in [-0.05, 0) is 11.4 Å². The Morgan fingerprint density at radius 2 is 2.38 bits per heavy atom. The highest BCUT2D eigenvalue weighted by Crippen LogP contribution is 2.36. The summed E-state index contributed by atoms with van der Waals surface area (Å²) in [5, 5.41) is 10.6. The van der Waals surface area contributed by atoms with Crippen molar-refractivity contribution in [2.45, 2.75) is 4.21 Å². The zero-order valence-corrected chi connectivity index (χ0v) is 8.15. The lowest BCUT2D eigenvalue weighted by molar-refractivity contribution is -0.139. The molecule has 0 aliphatic carbocycles. The van der Waals surface area contributed by atoms with Gasteiger partial charge in [-0.1, -0.05) is 0 Å². The highest BCUT2D eigenvalue weighted by molar-refractivity contribution is 8.01. The monoisotopic (exact) mass is 214 g/mol. The molecule has 1 aromatic rings. The third-order valence-corrected chi connectivity index (χ3v) is 4.22. The Bertz CT molecular complexity index is 369. The summed E-state index contributed by atoms with van der Waals surface area (Å²) in [6.07, 6.45) is 0. The first-order valence-electron chi connectivity index (χ1n) is 3.67. The average Bonchev–Trinajstić information content (AvgIpc) is 2.52. The Morgan fingerprint density at radius 1 is 1.62 bits per heavy atom. The van der Waals surface area contributed by atoms with Crippen molar-refractivity contribution in [3.05, 3.63) is 17.0 Å². The molecule has 1 N–H and O–H groups in total. The summed E-state index contributed by atoms with van der Waals surface area (Å²) >= 11 is 2.94. The number of ketones is 1. The van der Waals surface area contributed by atoms with Crippen molar-refractivity contribution in [2.75, 3.05) is 5.75 Å². The highest BCUT2D eigenvalue weighted by atomic mass is 32.2. The van der Waals surface area contributed by atoms with E-state index in [0.29, 0.717) is 11.3 Å². The van der Waals surface area contributed by atoms with E-state index in [0.717, 1.165) is 4.21 Å². The van der Waals surface area contributed by atoms with Gasteiger partial charge in [-0.25, -0.2) is 0 Å². The van der Waals surface area contributed by atoms with E-state index in [9.17, 15) is 9.59 Å². The molecule has 2 heterocycles. The van der Waals surface area contributed by atoms with Gasteiger partial charge in [0.25, 0.3) is 0 Å².